The van der Waals surface area contributed by atoms with E-state index in [0.29, 0.717) is 46.8 Å². The second kappa shape index (κ2) is 11.0. The Labute approximate surface area is 229 Å². The number of aliphatic hydroxyl groups is 1. The first-order chi connectivity index (χ1) is 18.8. The molecule has 3 aromatic rings. The number of nitrogens with zero attached hydrogens (tertiary/aromatic N) is 5. The second-order valence-corrected chi connectivity index (χ2v) is 9.65. The Morgan fingerprint density at radius 1 is 1.15 bits per heavy atom. The number of alkyl halides is 3. The second-order valence-electron chi connectivity index (χ2n) is 9.65. The molecule has 0 aliphatic carbocycles. The molecule has 9 nitrogen and oxygen atoms in total. The summed E-state index contributed by atoms with van der Waals surface area (Å²) < 4.78 is 40.6. The lowest BCUT2D eigenvalue weighted by molar-refractivity contribution is -0.137. The van der Waals surface area contributed by atoms with Gasteiger partial charge in [-0.2, -0.15) is 18.3 Å². The molecule has 2 amide bonds. The number of aromatic nitrogens is 2. The van der Waals surface area contributed by atoms with Crippen LogP contribution in [0.15, 0.2) is 46.4 Å². The van der Waals surface area contributed by atoms with Crippen LogP contribution in [-0.4, -0.2) is 58.4 Å². The van der Waals surface area contributed by atoms with Crippen LogP contribution < -0.4 is 10.2 Å². The molecule has 0 spiro atoms. The minimum absolute atomic E-state index is 0.133. The molecule has 2 N–H and O–H groups in total. The monoisotopic (exact) mass is 554 g/mol. The molecular formula is C28H29F3N6O3. The minimum Gasteiger partial charge on any atom is -0.394 e. The lowest BCUT2D eigenvalue weighted by atomic mass is 10.1. The minimum atomic E-state index is -4.45. The van der Waals surface area contributed by atoms with Crippen LogP contribution in [0.25, 0.3) is 0 Å². The molecule has 4 rings (SSSR count). The van der Waals surface area contributed by atoms with Crippen molar-refractivity contribution in [3.05, 3.63) is 75.6 Å². The van der Waals surface area contributed by atoms with Crippen LogP contribution in [0, 0.1) is 20.8 Å². The van der Waals surface area contributed by atoms with Gasteiger partial charge in [-0.3, -0.25) is 14.3 Å². The van der Waals surface area contributed by atoms with Gasteiger partial charge in [-0.05, 0) is 81.9 Å². The Bertz CT molecular complexity index is 1530. The highest BCUT2D eigenvalue weighted by Crippen LogP contribution is 2.33. The zero-order chi connectivity index (χ0) is 29.4. The number of anilines is 1. The average Bonchev–Trinajstić information content (AvgIpc) is 3.25. The van der Waals surface area contributed by atoms with Crippen LogP contribution in [0.5, 0.6) is 0 Å². The van der Waals surface area contributed by atoms with Crippen LogP contribution in [0.1, 0.15) is 55.7 Å². The van der Waals surface area contributed by atoms with Gasteiger partial charge >= 0.3 is 6.18 Å². The molecule has 210 valence electrons. The molecule has 0 saturated carbocycles. The van der Waals surface area contributed by atoms with Crippen molar-refractivity contribution in [1.29, 1.82) is 0 Å². The van der Waals surface area contributed by atoms with Gasteiger partial charge in [0, 0.05) is 29.4 Å². The number of amidine groups is 1. The number of nitrogens with one attached hydrogen (secondary N) is 1. The average molecular weight is 555 g/mol. The highest BCUT2D eigenvalue weighted by atomic mass is 19.4. The molecule has 1 aliphatic rings. The molecular weight excluding hydrogens is 525 g/mol. The van der Waals surface area contributed by atoms with Crippen molar-refractivity contribution in [2.24, 2.45) is 9.98 Å². The summed E-state index contributed by atoms with van der Waals surface area (Å²) in [7, 11) is 0. The number of benzene rings is 2. The number of hydrogen-bond donors (Lipinski definition) is 2. The number of aryl methyl sites for hydroxylation is 2. The summed E-state index contributed by atoms with van der Waals surface area (Å²) >= 11 is 0. The number of hydrogen-bond acceptors (Lipinski definition) is 5. The molecule has 0 bridgehead atoms. The van der Waals surface area contributed by atoms with Crippen molar-refractivity contribution in [3.8, 4) is 0 Å². The Hall–Kier alpha value is -4.32. The van der Waals surface area contributed by atoms with Crippen molar-refractivity contribution < 1.29 is 27.9 Å². The molecule has 2 heterocycles. The SMILES string of the molecule is C=NC(=Nc1ccc(C(F)(F)F)cc1C)c1ccc(N2CCn3nc(C(=O)N[C@H](C)CO)c(C)c3C2=O)c(C)c1. The summed E-state index contributed by atoms with van der Waals surface area (Å²) in [5.41, 5.74) is 2.78. The fourth-order valence-electron chi connectivity index (χ4n) is 4.55. The van der Waals surface area contributed by atoms with Crippen LogP contribution >= 0.6 is 0 Å². The largest absolute Gasteiger partial charge is 0.416 e. The quantitative estimate of drug-likeness (QED) is 0.348. The van der Waals surface area contributed by atoms with E-state index < -0.39 is 23.7 Å². The first-order valence-corrected chi connectivity index (χ1v) is 12.5. The standard InChI is InChI=1S/C28H29F3N6O3/c1-15-13-20(28(29,30)31)7-8-21(15)34-25(32-5)19-6-9-22(16(2)12-19)36-10-11-37-24(27(36)40)18(4)23(35-37)26(39)33-17(3)14-38/h6-9,12-13,17,38H,5,10-11,14H2,1-4H3,(H,33,39)/t17-/m1/s1. The molecule has 40 heavy (non-hydrogen) atoms. The van der Waals surface area contributed by atoms with Gasteiger partial charge in [-0.15, -0.1) is 0 Å². The van der Waals surface area contributed by atoms with E-state index in [0.717, 1.165) is 17.7 Å². The number of carbonyl (C=O) groups is 2. The molecule has 1 aromatic heterocycles. The number of carbonyl (C=O) groups excluding carboxylic acids is 2. The van der Waals surface area contributed by atoms with Gasteiger partial charge in [-0.1, -0.05) is 0 Å². The van der Waals surface area contributed by atoms with Crippen molar-refractivity contribution in [1.82, 2.24) is 15.1 Å². The molecule has 0 unspecified atom stereocenters. The smallest absolute Gasteiger partial charge is 0.394 e. The molecule has 0 fully saturated rings. The third-order valence-corrected chi connectivity index (χ3v) is 6.68. The molecule has 2 aromatic carbocycles. The lowest BCUT2D eigenvalue weighted by Crippen LogP contribution is -2.41. The predicted molar refractivity (Wildman–Crippen MR) is 146 cm³/mol. The van der Waals surface area contributed by atoms with E-state index in [1.54, 1.807) is 43.9 Å². The Morgan fingerprint density at radius 3 is 2.48 bits per heavy atom. The summed E-state index contributed by atoms with van der Waals surface area (Å²) in [5.74, 6) is -0.547. The van der Waals surface area contributed by atoms with E-state index in [-0.39, 0.29) is 24.0 Å². The zero-order valence-corrected chi connectivity index (χ0v) is 22.5. The van der Waals surface area contributed by atoms with Gasteiger partial charge < -0.3 is 15.3 Å². The van der Waals surface area contributed by atoms with Crippen LogP contribution in [-0.2, 0) is 12.7 Å². The zero-order valence-electron chi connectivity index (χ0n) is 22.5. The normalized spacial score (nSPS) is 14.7. The van der Waals surface area contributed by atoms with Crippen molar-refractivity contribution in [2.45, 2.75) is 46.5 Å². The number of halogens is 3. The highest BCUT2D eigenvalue weighted by molar-refractivity contribution is 6.09. The predicted octanol–water partition coefficient (Wildman–Crippen LogP) is 4.38. The van der Waals surface area contributed by atoms with Gasteiger partial charge in [0.15, 0.2) is 11.5 Å². The molecule has 0 radical (unpaired) electrons. The number of rotatable bonds is 6. The summed E-state index contributed by atoms with van der Waals surface area (Å²) in [4.78, 5) is 36.2. The number of aliphatic imine (C=N–C) groups is 2. The van der Waals surface area contributed by atoms with E-state index in [1.807, 2.05) is 6.92 Å². The Balaban J connectivity index is 1.62. The number of amides is 2. The van der Waals surface area contributed by atoms with E-state index in [9.17, 15) is 27.9 Å². The van der Waals surface area contributed by atoms with Gasteiger partial charge in [0.1, 0.15) is 5.69 Å². The number of aliphatic hydroxyl groups excluding tert-OH is 1. The fourth-order valence-corrected chi connectivity index (χ4v) is 4.55. The van der Waals surface area contributed by atoms with Gasteiger partial charge in [0.25, 0.3) is 11.8 Å². The van der Waals surface area contributed by atoms with Crippen molar-refractivity contribution in [2.75, 3.05) is 18.1 Å². The molecule has 1 atom stereocenters. The van der Waals surface area contributed by atoms with E-state index >= 15 is 0 Å². The first kappa shape index (κ1) is 28.7. The van der Waals surface area contributed by atoms with Crippen LogP contribution in [0.2, 0.25) is 0 Å². The maximum Gasteiger partial charge on any atom is 0.416 e. The van der Waals surface area contributed by atoms with Gasteiger partial charge in [-0.25, -0.2) is 9.98 Å². The Kier molecular flexibility index (Phi) is 7.92. The molecule has 1 aliphatic heterocycles. The maximum atomic E-state index is 13.5. The summed E-state index contributed by atoms with van der Waals surface area (Å²) in [6, 6.07) is 8.09. The summed E-state index contributed by atoms with van der Waals surface area (Å²) in [5, 5.41) is 16.2. The summed E-state index contributed by atoms with van der Waals surface area (Å²) in [6.07, 6.45) is -4.45. The van der Waals surface area contributed by atoms with Crippen molar-refractivity contribution in [3.63, 3.8) is 0 Å². The van der Waals surface area contributed by atoms with Gasteiger partial charge in [0.05, 0.1) is 24.4 Å². The van der Waals surface area contributed by atoms with E-state index in [4.69, 9.17) is 0 Å². The van der Waals surface area contributed by atoms with E-state index in [2.05, 4.69) is 27.1 Å². The first-order valence-electron chi connectivity index (χ1n) is 12.5. The molecule has 0 saturated heterocycles. The fraction of sp³-hybridized carbons (Fsp3) is 0.321. The third-order valence-electron chi connectivity index (χ3n) is 6.68. The Morgan fingerprint density at radius 2 is 1.88 bits per heavy atom. The molecule has 12 heteroatoms. The maximum absolute atomic E-state index is 13.5. The van der Waals surface area contributed by atoms with Crippen molar-refractivity contribution >= 4 is 35.7 Å². The topological polar surface area (TPSA) is 112 Å². The third kappa shape index (κ3) is 5.53. The van der Waals surface area contributed by atoms with Crippen LogP contribution in [0.3, 0.4) is 0 Å². The van der Waals surface area contributed by atoms with Crippen LogP contribution in [0.4, 0.5) is 24.5 Å². The highest BCUT2D eigenvalue weighted by Gasteiger charge is 2.33. The number of fused-ring (bicyclic) bond motifs is 1. The lowest BCUT2D eigenvalue weighted by Gasteiger charge is -2.29. The van der Waals surface area contributed by atoms with E-state index in [1.165, 1.54) is 10.7 Å². The summed E-state index contributed by atoms with van der Waals surface area (Å²) in [6.45, 7) is 10.7. The van der Waals surface area contributed by atoms with Gasteiger partial charge in [0.2, 0.25) is 0 Å².